The van der Waals surface area contributed by atoms with Gasteiger partial charge in [0.15, 0.2) is 0 Å². The van der Waals surface area contributed by atoms with E-state index in [-0.39, 0.29) is 0 Å². The molecule has 4 nitrogen and oxygen atoms in total. The van der Waals surface area contributed by atoms with Gasteiger partial charge < -0.3 is 15.2 Å². The molecule has 1 saturated heterocycles. The number of hydrogen-bond acceptors (Lipinski definition) is 3. The summed E-state index contributed by atoms with van der Waals surface area (Å²) in [7, 11) is 2.17. The molecule has 3 rings (SSSR count). The van der Waals surface area contributed by atoms with Gasteiger partial charge in [0, 0.05) is 44.7 Å². The Bertz CT molecular complexity index is 363. The molecule has 0 bridgehead atoms. The van der Waals surface area contributed by atoms with Crippen molar-refractivity contribution < 1.29 is 0 Å². The zero-order valence-electron chi connectivity index (χ0n) is 9.21. The molecule has 2 aliphatic rings. The summed E-state index contributed by atoms with van der Waals surface area (Å²) in [5.41, 5.74) is 2.71. The van der Waals surface area contributed by atoms with E-state index in [0.717, 1.165) is 32.6 Å². The Morgan fingerprint density at radius 3 is 3.00 bits per heavy atom. The first-order chi connectivity index (χ1) is 7.36. The monoisotopic (exact) mass is 206 g/mol. The fourth-order valence-electron chi connectivity index (χ4n) is 2.72. The number of imidazole rings is 1. The van der Waals surface area contributed by atoms with Crippen molar-refractivity contribution in [2.75, 3.05) is 19.6 Å². The predicted molar refractivity (Wildman–Crippen MR) is 58.8 cm³/mol. The zero-order valence-corrected chi connectivity index (χ0v) is 9.21. The number of aromatic nitrogens is 2. The first-order valence-corrected chi connectivity index (χ1v) is 5.82. The molecule has 2 aliphatic heterocycles. The standard InChI is InChI=1S/C11H18N4/c1-15-10-3-5-13-7-9(10)14-11(15)8-2-4-12-6-8/h8,12-13H,2-7H2,1H3. The van der Waals surface area contributed by atoms with E-state index in [0.29, 0.717) is 5.92 Å². The largest absolute Gasteiger partial charge is 0.334 e. The first-order valence-electron chi connectivity index (χ1n) is 5.82. The van der Waals surface area contributed by atoms with Crippen LogP contribution in [0.25, 0.3) is 0 Å². The van der Waals surface area contributed by atoms with E-state index in [4.69, 9.17) is 4.98 Å². The zero-order chi connectivity index (χ0) is 10.3. The Balaban J connectivity index is 1.97. The lowest BCUT2D eigenvalue weighted by molar-refractivity contribution is 0.605. The van der Waals surface area contributed by atoms with Crippen molar-refractivity contribution in [2.24, 2.45) is 7.05 Å². The molecule has 3 heterocycles. The first kappa shape index (κ1) is 9.36. The lowest BCUT2D eigenvalue weighted by atomic mass is 10.1. The van der Waals surface area contributed by atoms with Gasteiger partial charge in [0.25, 0.3) is 0 Å². The molecule has 1 fully saturated rings. The number of rotatable bonds is 1. The second kappa shape index (κ2) is 3.61. The van der Waals surface area contributed by atoms with Crippen molar-refractivity contribution in [3.8, 4) is 0 Å². The lowest BCUT2D eigenvalue weighted by Crippen LogP contribution is -2.24. The van der Waals surface area contributed by atoms with Crippen molar-refractivity contribution in [3.05, 3.63) is 17.2 Å². The maximum Gasteiger partial charge on any atom is 0.113 e. The highest BCUT2D eigenvalue weighted by Crippen LogP contribution is 2.24. The van der Waals surface area contributed by atoms with Gasteiger partial charge in [-0.25, -0.2) is 4.98 Å². The van der Waals surface area contributed by atoms with Crippen LogP contribution in [0.2, 0.25) is 0 Å². The van der Waals surface area contributed by atoms with Gasteiger partial charge in [-0.05, 0) is 13.0 Å². The summed E-state index contributed by atoms with van der Waals surface area (Å²) in [6.45, 7) is 4.27. The van der Waals surface area contributed by atoms with Crippen LogP contribution in [0.4, 0.5) is 0 Å². The van der Waals surface area contributed by atoms with Gasteiger partial charge in [-0.15, -0.1) is 0 Å². The molecule has 1 unspecified atom stereocenters. The van der Waals surface area contributed by atoms with Gasteiger partial charge in [0.1, 0.15) is 5.82 Å². The molecule has 15 heavy (non-hydrogen) atoms. The van der Waals surface area contributed by atoms with E-state index in [1.807, 2.05) is 0 Å². The second-order valence-electron chi connectivity index (χ2n) is 4.54. The number of nitrogens with zero attached hydrogens (tertiary/aromatic N) is 2. The quantitative estimate of drug-likeness (QED) is 0.687. The molecule has 1 aromatic rings. The SMILES string of the molecule is Cn1c(C2CCNC2)nc2c1CCNC2. The van der Waals surface area contributed by atoms with Gasteiger partial charge in [-0.3, -0.25) is 0 Å². The normalized spacial score (nSPS) is 25.5. The predicted octanol–water partition coefficient (Wildman–Crippen LogP) is 0.143. The Kier molecular flexibility index (Phi) is 2.25. The van der Waals surface area contributed by atoms with Crippen molar-refractivity contribution in [2.45, 2.75) is 25.3 Å². The van der Waals surface area contributed by atoms with E-state index >= 15 is 0 Å². The summed E-state index contributed by atoms with van der Waals surface area (Å²) in [6, 6.07) is 0. The minimum Gasteiger partial charge on any atom is -0.334 e. The Labute approximate surface area is 90.1 Å². The van der Waals surface area contributed by atoms with Gasteiger partial charge in [0.2, 0.25) is 0 Å². The minimum atomic E-state index is 0.626. The minimum absolute atomic E-state index is 0.626. The van der Waals surface area contributed by atoms with Gasteiger partial charge in [-0.1, -0.05) is 0 Å². The fourth-order valence-corrected chi connectivity index (χ4v) is 2.72. The van der Waals surface area contributed by atoms with E-state index in [9.17, 15) is 0 Å². The van der Waals surface area contributed by atoms with E-state index in [1.54, 1.807) is 0 Å². The molecule has 4 heteroatoms. The fraction of sp³-hybridized carbons (Fsp3) is 0.727. The van der Waals surface area contributed by atoms with Crippen LogP contribution >= 0.6 is 0 Å². The van der Waals surface area contributed by atoms with Crippen LogP contribution in [0.15, 0.2) is 0 Å². The average Bonchev–Trinajstić information content (AvgIpc) is 2.87. The van der Waals surface area contributed by atoms with Crippen molar-refractivity contribution in [1.29, 1.82) is 0 Å². The molecule has 82 valence electrons. The summed E-state index contributed by atoms with van der Waals surface area (Å²) < 4.78 is 2.33. The van der Waals surface area contributed by atoms with Gasteiger partial charge in [-0.2, -0.15) is 0 Å². The van der Waals surface area contributed by atoms with Crippen LogP contribution in [0.3, 0.4) is 0 Å². The third-order valence-electron chi connectivity index (χ3n) is 3.59. The topological polar surface area (TPSA) is 41.9 Å². The highest BCUT2D eigenvalue weighted by Gasteiger charge is 2.25. The highest BCUT2D eigenvalue weighted by atomic mass is 15.1. The number of hydrogen-bond donors (Lipinski definition) is 2. The van der Waals surface area contributed by atoms with Crippen LogP contribution in [-0.2, 0) is 20.0 Å². The molecule has 0 spiro atoms. The Morgan fingerprint density at radius 2 is 2.27 bits per heavy atom. The van der Waals surface area contributed by atoms with Crippen LogP contribution in [0.5, 0.6) is 0 Å². The summed E-state index contributed by atoms with van der Waals surface area (Å²) in [5.74, 6) is 1.91. The molecule has 1 atom stereocenters. The van der Waals surface area contributed by atoms with Crippen molar-refractivity contribution in [3.63, 3.8) is 0 Å². The van der Waals surface area contributed by atoms with E-state index in [2.05, 4.69) is 22.2 Å². The summed E-state index contributed by atoms with van der Waals surface area (Å²) in [6.07, 6.45) is 2.36. The van der Waals surface area contributed by atoms with Crippen molar-refractivity contribution >= 4 is 0 Å². The summed E-state index contributed by atoms with van der Waals surface area (Å²) in [4.78, 5) is 4.79. The Hall–Kier alpha value is -0.870. The maximum absolute atomic E-state index is 4.79. The molecular weight excluding hydrogens is 188 g/mol. The van der Waals surface area contributed by atoms with Crippen LogP contribution in [-0.4, -0.2) is 29.2 Å². The third-order valence-corrected chi connectivity index (χ3v) is 3.59. The van der Waals surface area contributed by atoms with Gasteiger partial charge in [0.05, 0.1) is 5.69 Å². The molecular formula is C11H18N4. The van der Waals surface area contributed by atoms with Crippen LogP contribution in [0.1, 0.15) is 29.6 Å². The second-order valence-corrected chi connectivity index (χ2v) is 4.54. The van der Waals surface area contributed by atoms with Gasteiger partial charge >= 0.3 is 0 Å². The van der Waals surface area contributed by atoms with Crippen LogP contribution in [0, 0.1) is 0 Å². The molecule has 0 aromatic carbocycles. The van der Waals surface area contributed by atoms with Crippen LogP contribution < -0.4 is 10.6 Å². The Morgan fingerprint density at radius 1 is 1.33 bits per heavy atom. The smallest absolute Gasteiger partial charge is 0.113 e. The molecule has 0 radical (unpaired) electrons. The average molecular weight is 206 g/mol. The third kappa shape index (κ3) is 1.48. The number of nitrogens with one attached hydrogen (secondary N) is 2. The summed E-state index contributed by atoms with van der Waals surface area (Å²) >= 11 is 0. The van der Waals surface area contributed by atoms with Crippen molar-refractivity contribution in [1.82, 2.24) is 20.2 Å². The van der Waals surface area contributed by atoms with E-state index < -0.39 is 0 Å². The van der Waals surface area contributed by atoms with E-state index in [1.165, 1.54) is 23.6 Å². The molecule has 2 N–H and O–H groups in total. The molecule has 0 aliphatic carbocycles. The molecule has 0 amide bonds. The lowest BCUT2D eigenvalue weighted by Gasteiger charge is -2.13. The number of fused-ring (bicyclic) bond motifs is 1. The molecule has 0 saturated carbocycles. The molecule has 1 aromatic heterocycles. The maximum atomic E-state index is 4.79. The summed E-state index contributed by atoms with van der Waals surface area (Å²) in [5, 5.41) is 6.79. The highest BCUT2D eigenvalue weighted by molar-refractivity contribution is 5.22.